The highest BCUT2D eigenvalue weighted by Crippen LogP contribution is 2.23. The van der Waals surface area contributed by atoms with Crippen molar-refractivity contribution in [2.75, 3.05) is 18.4 Å². The molecule has 2 N–H and O–H groups in total. The van der Waals surface area contributed by atoms with Crippen molar-refractivity contribution in [3.05, 3.63) is 24.4 Å². The van der Waals surface area contributed by atoms with Gasteiger partial charge in [-0.15, -0.1) is 10.2 Å². The van der Waals surface area contributed by atoms with Crippen molar-refractivity contribution >= 4 is 22.4 Å². The van der Waals surface area contributed by atoms with Crippen LogP contribution in [0.15, 0.2) is 24.4 Å². The van der Waals surface area contributed by atoms with E-state index in [1.165, 1.54) is 11.3 Å². The van der Waals surface area contributed by atoms with Crippen LogP contribution in [-0.2, 0) is 4.79 Å². The molecular weight excluding hydrogens is 274 g/mol. The minimum absolute atomic E-state index is 0.0498. The maximum Gasteiger partial charge on any atom is 0.221 e. The molecule has 0 fully saturated rings. The van der Waals surface area contributed by atoms with Gasteiger partial charge in [-0.1, -0.05) is 24.3 Å². The molecule has 0 bridgehead atoms. The fourth-order valence-corrected chi connectivity index (χ4v) is 2.27. The molecule has 2 aromatic heterocycles. The fraction of sp³-hybridized carbons (Fsp3) is 0.385. The molecule has 106 valence electrons. The molecular formula is C13H17N5OS. The third-order valence-electron chi connectivity index (χ3n) is 2.51. The normalized spacial score (nSPS) is 10.2. The molecule has 1 amide bonds. The second-order valence-corrected chi connectivity index (χ2v) is 5.13. The average Bonchev–Trinajstić information content (AvgIpc) is 2.95. The summed E-state index contributed by atoms with van der Waals surface area (Å²) in [7, 11) is 0. The SMILES string of the molecule is CCCNC(=O)CCNc1nnc(-c2ccccn2)s1. The quantitative estimate of drug-likeness (QED) is 0.815. The van der Waals surface area contributed by atoms with Crippen LogP contribution in [0, 0.1) is 0 Å². The number of carbonyl (C=O) groups is 1. The fourth-order valence-electron chi connectivity index (χ4n) is 1.52. The number of nitrogens with one attached hydrogen (secondary N) is 2. The van der Waals surface area contributed by atoms with E-state index in [0.717, 1.165) is 23.7 Å². The van der Waals surface area contributed by atoms with E-state index in [1.54, 1.807) is 6.20 Å². The Bertz CT molecular complexity index is 543. The molecule has 0 atom stereocenters. The van der Waals surface area contributed by atoms with Crippen molar-refractivity contribution in [3.8, 4) is 10.7 Å². The lowest BCUT2D eigenvalue weighted by molar-refractivity contribution is -0.120. The van der Waals surface area contributed by atoms with Gasteiger partial charge < -0.3 is 10.6 Å². The van der Waals surface area contributed by atoms with E-state index in [1.807, 2.05) is 25.1 Å². The first-order valence-corrected chi connectivity index (χ1v) is 7.36. The summed E-state index contributed by atoms with van der Waals surface area (Å²) in [5.41, 5.74) is 0.804. The van der Waals surface area contributed by atoms with E-state index in [4.69, 9.17) is 0 Å². The van der Waals surface area contributed by atoms with Gasteiger partial charge in [0.1, 0.15) is 5.69 Å². The van der Waals surface area contributed by atoms with Crippen LogP contribution < -0.4 is 10.6 Å². The number of carbonyl (C=O) groups excluding carboxylic acids is 1. The smallest absolute Gasteiger partial charge is 0.221 e. The predicted molar refractivity (Wildman–Crippen MR) is 79.5 cm³/mol. The molecule has 2 aromatic rings. The Labute approximate surface area is 121 Å². The molecule has 0 saturated carbocycles. The molecule has 6 nitrogen and oxygen atoms in total. The number of amides is 1. The van der Waals surface area contributed by atoms with Crippen LogP contribution in [0.5, 0.6) is 0 Å². The van der Waals surface area contributed by atoms with Crippen molar-refractivity contribution in [2.24, 2.45) is 0 Å². The Balaban J connectivity index is 1.80. The van der Waals surface area contributed by atoms with E-state index >= 15 is 0 Å². The molecule has 2 rings (SSSR count). The molecule has 0 saturated heterocycles. The van der Waals surface area contributed by atoms with Gasteiger partial charge in [0.25, 0.3) is 0 Å². The average molecular weight is 291 g/mol. The molecule has 0 aromatic carbocycles. The van der Waals surface area contributed by atoms with Gasteiger partial charge in [0.2, 0.25) is 11.0 Å². The van der Waals surface area contributed by atoms with Gasteiger partial charge in [0, 0.05) is 25.7 Å². The van der Waals surface area contributed by atoms with Crippen LogP contribution in [0.1, 0.15) is 19.8 Å². The highest BCUT2D eigenvalue weighted by atomic mass is 32.1. The lowest BCUT2D eigenvalue weighted by atomic mass is 10.4. The lowest BCUT2D eigenvalue weighted by Gasteiger charge is -2.03. The Morgan fingerprint density at radius 1 is 1.30 bits per heavy atom. The van der Waals surface area contributed by atoms with Gasteiger partial charge in [-0.3, -0.25) is 9.78 Å². The van der Waals surface area contributed by atoms with E-state index in [-0.39, 0.29) is 5.91 Å². The minimum atomic E-state index is 0.0498. The monoisotopic (exact) mass is 291 g/mol. The summed E-state index contributed by atoms with van der Waals surface area (Å²) in [6.07, 6.45) is 3.10. The van der Waals surface area contributed by atoms with Crippen LogP contribution in [0.25, 0.3) is 10.7 Å². The summed E-state index contributed by atoms with van der Waals surface area (Å²) in [6.45, 7) is 3.30. The van der Waals surface area contributed by atoms with E-state index in [9.17, 15) is 4.79 Å². The van der Waals surface area contributed by atoms with Crippen molar-refractivity contribution in [3.63, 3.8) is 0 Å². The highest BCUT2D eigenvalue weighted by Gasteiger charge is 2.07. The summed E-state index contributed by atoms with van der Waals surface area (Å²) in [4.78, 5) is 15.6. The topological polar surface area (TPSA) is 79.8 Å². The van der Waals surface area contributed by atoms with E-state index in [0.29, 0.717) is 18.1 Å². The number of nitrogens with zero attached hydrogens (tertiary/aromatic N) is 3. The third-order valence-corrected chi connectivity index (χ3v) is 3.41. The van der Waals surface area contributed by atoms with Gasteiger partial charge in [-0.25, -0.2) is 0 Å². The molecule has 0 unspecified atom stereocenters. The summed E-state index contributed by atoms with van der Waals surface area (Å²) in [5.74, 6) is 0.0498. The van der Waals surface area contributed by atoms with Crippen LogP contribution in [0.4, 0.5) is 5.13 Å². The summed E-state index contributed by atoms with van der Waals surface area (Å²) in [6, 6.07) is 5.66. The number of aromatic nitrogens is 3. The second kappa shape index (κ2) is 7.54. The van der Waals surface area contributed by atoms with Crippen LogP contribution in [0.3, 0.4) is 0 Å². The summed E-state index contributed by atoms with van der Waals surface area (Å²) < 4.78 is 0. The van der Waals surface area contributed by atoms with Crippen molar-refractivity contribution in [1.29, 1.82) is 0 Å². The number of hydrogen-bond donors (Lipinski definition) is 2. The van der Waals surface area contributed by atoms with E-state index in [2.05, 4.69) is 25.8 Å². The molecule has 0 aliphatic carbocycles. The molecule has 0 radical (unpaired) electrons. The summed E-state index contributed by atoms with van der Waals surface area (Å²) >= 11 is 1.43. The zero-order valence-electron chi connectivity index (χ0n) is 11.3. The van der Waals surface area contributed by atoms with Gasteiger partial charge >= 0.3 is 0 Å². The number of rotatable bonds is 7. The number of anilines is 1. The maximum atomic E-state index is 11.4. The lowest BCUT2D eigenvalue weighted by Crippen LogP contribution is -2.25. The largest absolute Gasteiger partial charge is 0.360 e. The standard InChI is InChI=1S/C13H17N5OS/c1-2-7-15-11(19)6-9-16-13-18-17-12(20-13)10-5-3-4-8-14-10/h3-5,8H,2,6-7,9H2,1H3,(H,15,19)(H,16,18). The number of hydrogen-bond acceptors (Lipinski definition) is 6. The summed E-state index contributed by atoms with van der Waals surface area (Å²) in [5, 5.41) is 15.5. The predicted octanol–water partition coefficient (Wildman–Crippen LogP) is 1.93. The minimum Gasteiger partial charge on any atom is -0.360 e. The molecule has 7 heteroatoms. The van der Waals surface area contributed by atoms with Crippen LogP contribution in [-0.4, -0.2) is 34.2 Å². The first-order chi connectivity index (χ1) is 9.79. The Morgan fingerprint density at radius 3 is 2.95 bits per heavy atom. The molecule has 0 aliphatic rings. The Morgan fingerprint density at radius 2 is 2.20 bits per heavy atom. The first kappa shape index (κ1) is 14.4. The molecule has 20 heavy (non-hydrogen) atoms. The van der Waals surface area contributed by atoms with Gasteiger partial charge in [-0.05, 0) is 18.6 Å². The van der Waals surface area contributed by atoms with Crippen LogP contribution in [0.2, 0.25) is 0 Å². The zero-order chi connectivity index (χ0) is 14.2. The van der Waals surface area contributed by atoms with Crippen LogP contribution >= 0.6 is 11.3 Å². The zero-order valence-corrected chi connectivity index (χ0v) is 12.1. The first-order valence-electron chi connectivity index (χ1n) is 6.55. The Kier molecular flexibility index (Phi) is 5.43. The van der Waals surface area contributed by atoms with Crippen molar-refractivity contribution in [1.82, 2.24) is 20.5 Å². The van der Waals surface area contributed by atoms with Gasteiger partial charge in [0.15, 0.2) is 5.01 Å². The Hall–Kier alpha value is -2.02. The molecule has 0 aliphatic heterocycles. The molecule has 2 heterocycles. The van der Waals surface area contributed by atoms with E-state index < -0.39 is 0 Å². The van der Waals surface area contributed by atoms with Crippen molar-refractivity contribution < 1.29 is 4.79 Å². The van der Waals surface area contributed by atoms with Gasteiger partial charge in [-0.2, -0.15) is 0 Å². The number of pyridine rings is 1. The van der Waals surface area contributed by atoms with Crippen molar-refractivity contribution in [2.45, 2.75) is 19.8 Å². The highest BCUT2D eigenvalue weighted by molar-refractivity contribution is 7.18. The molecule has 0 spiro atoms. The third kappa shape index (κ3) is 4.27. The van der Waals surface area contributed by atoms with Gasteiger partial charge in [0.05, 0.1) is 0 Å². The maximum absolute atomic E-state index is 11.4. The second-order valence-electron chi connectivity index (χ2n) is 4.15.